The van der Waals surface area contributed by atoms with Crippen LogP contribution in [0.3, 0.4) is 0 Å². The van der Waals surface area contributed by atoms with Crippen molar-refractivity contribution in [3.8, 4) is 0 Å². The molecule has 0 saturated heterocycles. The summed E-state index contributed by atoms with van der Waals surface area (Å²) in [5.41, 5.74) is 2.66. The predicted octanol–water partition coefficient (Wildman–Crippen LogP) is 4.40. The molecule has 1 aliphatic rings. The van der Waals surface area contributed by atoms with Gasteiger partial charge in [-0.25, -0.2) is 9.78 Å². The molecule has 1 fully saturated rings. The number of rotatable bonds is 12. The van der Waals surface area contributed by atoms with Gasteiger partial charge in [-0.15, -0.1) is 11.3 Å². The molecule has 2 amide bonds. The normalized spacial score (nSPS) is 13.4. The largest absolute Gasteiger partial charge is 0.469 e. The molecule has 1 heterocycles. The zero-order chi connectivity index (χ0) is 26.8. The number of anilines is 2. The highest BCUT2D eigenvalue weighted by Gasteiger charge is 2.26. The van der Waals surface area contributed by atoms with E-state index in [1.807, 2.05) is 24.0 Å². The summed E-state index contributed by atoms with van der Waals surface area (Å²) in [6.07, 6.45) is 4.23. The lowest BCUT2D eigenvalue weighted by atomic mass is 9.94. The number of hydrogen-bond donors (Lipinski definition) is 2. The second-order valence-corrected chi connectivity index (χ2v) is 9.90. The second-order valence-electron chi connectivity index (χ2n) is 9.05. The molecule has 1 aliphatic carbocycles. The average Bonchev–Trinajstić information content (AvgIpc) is 3.58. The van der Waals surface area contributed by atoms with Crippen LogP contribution in [0.5, 0.6) is 0 Å². The summed E-state index contributed by atoms with van der Waals surface area (Å²) in [7, 11) is 2.66. The molecule has 37 heavy (non-hydrogen) atoms. The number of carbonyl (C=O) groups excluding carboxylic acids is 4. The number of ether oxygens (including phenoxy) is 2. The van der Waals surface area contributed by atoms with Crippen LogP contribution in [0, 0.1) is 12.8 Å². The van der Waals surface area contributed by atoms with Crippen molar-refractivity contribution in [3.63, 3.8) is 0 Å². The maximum absolute atomic E-state index is 13.1. The van der Waals surface area contributed by atoms with Crippen LogP contribution in [0.25, 0.3) is 0 Å². The number of nitrogens with one attached hydrogen (secondary N) is 2. The summed E-state index contributed by atoms with van der Waals surface area (Å²) in [6, 6.07) is 4.96. The van der Waals surface area contributed by atoms with Crippen LogP contribution < -0.4 is 10.6 Å². The third-order valence-electron chi connectivity index (χ3n) is 6.29. The molecule has 2 aromatic rings. The van der Waals surface area contributed by atoms with Crippen molar-refractivity contribution in [3.05, 3.63) is 40.4 Å². The van der Waals surface area contributed by atoms with E-state index in [9.17, 15) is 19.2 Å². The van der Waals surface area contributed by atoms with Crippen LogP contribution in [0.1, 0.15) is 60.1 Å². The Bertz CT molecular complexity index is 1090. The molecule has 0 aliphatic heterocycles. The Balaban J connectivity index is 1.61. The summed E-state index contributed by atoms with van der Waals surface area (Å²) < 4.78 is 9.41. The van der Waals surface area contributed by atoms with Gasteiger partial charge >= 0.3 is 18.0 Å². The Hall–Kier alpha value is -3.31. The number of urea groups is 1. The van der Waals surface area contributed by atoms with Crippen LogP contribution in [0.4, 0.5) is 15.6 Å². The molecule has 0 bridgehead atoms. The number of hydrogen-bond acceptors (Lipinski definition) is 9. The van der Waals surface area contributed by atoms with E-state index in [-0.39, 0.29) is 36.5 Å². The van der Waals surface area contributed by atoms with Gasteiger partial charge in [-0.05, 0) is 31.9 Å². The number of Topliss-reactive ketones (excluding diaryl/α,β-unsaturated/α-hetero) is 1. The first kappa shape index (κ1) is 28.3. The third-order valence-corrected chi connectivity index (χ3v) is 7.10. The number of methoxy groups -OCH3 is 2. The van der Waals surface area contributed by atoms with Crippen LogP contribution in [-0.4, -0.2) is 60.9 Å². The van der Waals surface area contributed by atoms with Gasteiger partial charge in [-0.3, -0.25) is 24.6 Å². The Labute approximate surface area is 220 Å². The fraction of sp³-hybridized carbons (Fsp3) is 0.500. The van der Waals surface area contributed by atoms with Gasteiger partial charge in [0.2, 0.25) is 0 Å². The lowest BCUT2D eigenvalue weighted by Gasteiger charge is -2.20. The van der Waals surface area contributed by atoms with Crippen molar-refractivity contribution in [1.29, 1.82) is 0 Å². The van der Waals surface area contributed by atoms with E-state index >= 15 is 0 Å². The molecule has 1 aromatic carbocycles. The van der Waals surface area contributed by atoms with Crippen molar-refractivity contribution in [2.45, 2.75) is 52.0 Å². The van der Waals surface area contributed by atoms with E-state index in [2.05, 4.69) is 15.6 Å². The minimum absolute atomic E-state index is 0.00763. The number of benzene rings is 1. The maximum Gasteiger partial charge on any atom is 0.325 e. The monoisotopic (exact) mass is 530 g/mol. The Morgan fingerprint density at radius 2 is 1.68 bits per heavy atom. The smallest absolute Gasteiger partial charge is 0.325 e. The van der Waals surface area contributed by atoms with E-state index in [1.54, 1.807) is 11.4 Å². The number of ketones is 1. The highest BCUT2D eigenvalue weighted by Crippen LogP contribution is 2.31. The number of esters is 2. The van der Waals surface area contributed by atoms with Crippen LogP contribution in [-0.2, 0) is 25.6 Å². The molecule has 0 unspecified atom stereocenters. The number of thiazole rings is 1. The zero-order valence-corrected chi connectivity index (χ0v) is 22.3. The van der Waals surface area contributed by atoms with E-state index < -0.39 is 6.03 Å². The highest BCUT2D eigenvalue weighted by molar-refractivity contribution is 7.13. The maximum atomic E-state index is 13.1. The van der Waals surface area contributed by atoms with E-state index in [4.69, 9.17) is 9.47 Å². The average molecular weight is 531 g/mol. The highest BCUT2D eigenvalue weighted by atomic mass is 32.1. The topological polar surface area (TPSA) is 127 Å². The molecular weight excluding hydrogens is 496 g/mol. The number of carbonyl (C=O) groups is 4. The molecule has 0 spiro atoms. The van der Waals surface area contributed by atoms with Gasteiger partial charge in [0.05, 0.1) is 38.4 Å². The number of amides is 2. The molecule has 3 rings (SSSR count). The van der Waals surface area contributed by atoms with Crippen molar-refractivity contribution >= 4 is 45.9 Å². The van der Waals surface area contributed by atoms with Crippen LogP contribution in [0.15, 0.2) is 23.6 Å². The van der Waals surface area contributed by atoms with Crippen molar-refractivity contribution in [2.75, 3.05) is 37.9 Å². The fourth-order valence-corrected chi connectivity index (χ4v) is 4.96. The van der Waals surface area contributed by atoms with Gasteiger partial charge in [0.15, 0.2) is 10.9 Å². The van der Waals surface area contributed by atoms with Gasteiger partial charge in [-0.2, -0.15) is 0 Å². The lowest BCUT2D eigenvalue weighted by molar-refractivity contribution is -0.141. The molecule has 0 atom stereocenters. The van der Waals surface area contributed by atoms with Gasteiger partial charge in [-0.1, -0.05) is 24.5 Å². The standard InChI is InChI=1S/C26H34N4O6S/c1-17-8-9-21(20(14-17)24(33)18-6-4-5-7-18)28-25(34)29-26-27-19(16-37-26)15-30(12-10-22(31)35-2)13-11-23(32)36-3/h8-9,14,16,18H,4-7,10-13,15H2,1-3H3,(H2,27,28,29,34). The van der Waals surface area contributed by atoms with Crippen molar-refractivity contribution < 1.29 is 28.7 Å². The first-order valence-corrected chi connectivity index (χ1v) is 13.2. The van der Waals surface area contributed by atoms with Gasteiger partial charge in [0.25, 0.3) is 0 Å². The van der Waals surface area contributed by atoms with E-state index in [0.717, 1.165) is 31.2 Å². The predicted molar refractivity (Wildman–Crippen MR) is 141 cm³/mol. The summed E-state index contributed by atoms with van der Waals surface area (Å²) in [5.74, 6) is -0.607. The lowest BCUT2D eigenvalue weighted by Crippen LogP contribution is -2.29. The van der Waals surface area contributed by atoms with Crippen LogP contribution >= 0.6 is 11.3 Å². The van der Waals surface area contributed by atoms with E-state index in [0.29, 0.717) is 41.7 Å². The van der Waals surface area contributed by atoms with E-state index in [1.165, 1.54) is 25.6 Å². The van der Waals surface area contributed by atoms with Gasteiger partial charge in [0, 0.05) is 36.5 Å². The minimum Gasteiger partial charge on any atom is -0.469 e. The summed E-state index contributed by atoms with van der Waals surface area (Å²) in [4.78, 5) is 55.3. The van der Waals surface area contributed by atoms with Gasteiger partial charge < -0.3 is 14.8 Å². The SMILES string of the molecule is COC(=O)CCN(CCC(=O)OC)Cc1csc(NC(=O)Nc2ccc(C)cc2C(=O)C2CCCC2)n1. The van der Waals surface area contributed by atoms with Crippen molar-refractivity contribution in [1.82, 2.24) is 9.88 Å². The first-order chi connectivity index (χ1) is 17.8. The molecule has 10 nitrogen and oxygen atoms in total. The summed E-state index contributed by atoms with van der Waals surface area (Å²) >= 11 is 1.26. The minimum atomic E-state index is -0.488. The Kier molecular flexibility index (Phi) is 10.6. The molecule has 1 aromatic heterocycles. The molecule has 1 saturated carbocycles. The summed E-state index contributed by atoms with van der Waals surface area (Å²) in [5, 5.41) is 7.73. The second kappa shape index (κ2) is 13.8. The number of aryl methyl sites for hydroxylation is 1. The zero-order valence-electron chi connectivity index (χ0n) is 21.5. The third kappa shape index (κ3) is 8.64. The number of aromatic nitrogens is 1. The first-order valence-electron chi connectivity index (χ1n) is 12.3. The quantitative estimate of drug-likeness (QED) is 0.305. The molecule has 2 N–H and O–H groups in total. The number of nitrogens with zero attached hydrogens (tertiary/aromatic N) is 2. The van der Waals surface area contributed by atoms with Gasteiger partial charge in [0.1, 0.15) is 0 Å². The Morgan fingerprint density at radius 3 is 2.30 bits per heavy atom. The molecular formula is C26H34N4O6S. The summed E-state index contributed by atoms with van der Waals surface area (Å²) in [6.45, 7) is 3.07. The Morgan fingerprint density at radius 1 is 1.03 bits per heavy atom. The van der Waals surface area contributed by atoms with Crippen molar-refractivity contribution in [2.24, 2.45) is 5.92 Å². The molecule has 0 radical (unpaired) electrons. The molecule has 11 heteroatoms. The molecule has 200 valence electrons. The van der Waals surface area contributed by atoms with Crippen LogP contribution in [0.2, 0.25) is 0 Å². The fourth-order valence-electron chi connectivity index (χ4n) is 4.27.